The molecule has 0 unspecified atom stereocenters. The van der Waals surface area contributed by atoms with Crippen molar-refractivity contribution in [2.24, 2.45) is 0 Å². The molecule has 19 heavy (non-hydrogen) atoms. The summed E-state index contributed by atoms with van der Waals surface area (Å²) in [4.78, 5) is 12.0. The molecular formula is C13H11ClINO2S. The summed E-state index contributed by atoms with van der Waals surface area (Å²) in [5.41, 5.74) is 1.30. The number of hydrogen-bond acceptors (Lipinski definition) is 3. The van der Waals surface area contributed by atoms with Crippen LogP contribution in [-0.2, 0) is 0 Å². The summed E-state index contributed by atoms with van der Waals surface area (Å²) in [6, 6.07) is 7.05. The third-order valence-corrected chi connectivity index (χ3v) is 4.40. The number of thiophene rings is 1. The first-order chi connectivity index (χ1) is 9.10. The quantitative estimate of drug-likeness (QED) is 0.749. The maximum atomic E-state index is 12.0. The maximum Gasteiger partial charge on any atom is 0.256 e. The second-order valence-electron chi connectivity index (χ2n) is 3.67. The predicted molar refractivity (Wildman–Crippen MR) is 87.6 cm³/mol. The van der Waals surface area contributed by atoms with Crippen molar-refractivity contribution in [3.05, 3.63) is 43.1 Å². The molecule has 0 atom stereocenters. The third-order valence-electron chi connectivity index (χ3n) is 2.32. The molecule has 2 rings (SSSR count). The van der Waals surface area contributed by atoms with Gasteiger partial charge in [0.25, 0.3) is 5.91 Å². The summed E-state index contributed by atoms with van der Waals surface area (Å²) < 4.78 is 6.42. The fourth-order valence-corrected chi connectivity index (χ4v) is 3.05. The Morgan fingerprint density at radius 3 is 2.84 bits per heavy atom. The van der Waals surface area contributed by atoms with E-state index in [0.29, 0.717) is 28.6 Å². The molecule has 0 aliphatic heterocycles. The molecule has 0 spiro atoms. The monoisotopic (exact) mass is 407 g/mol. The van der Waals surface area contributed by atoms with Gasteiger partial charge in [0.2, 0.25) is 0 Å². The van der Waals surface area contributed by atoms with Gasteiger partial charge in [-0.3, -0.25) is 4.79 Å². The van der Waals surface area contributed by atoms with Gasteiger partial charge in [0.1, 0.15) is 5.75 Å². The zero-order valence-electron chi connectivity index (χ0n) is 10.1. The molecule has 1 amide bonds. The number of carbonyl (C=O) groups is 1. The molecular weight excluding hydrogens is 397 g/mol. The van der Waals surface area contributed by atoms with Gasteiger partial charge in [-0.1, -0.05) is 11.6 Å². The standard InChI is InChI=1S/C13H11ClINO2S/c1-2-18-11-4-3-9(6-10(11)14)16-13(17)8-5-12(15)19-7-8/h3-7H,2H2,1H3,(H,16,17). The van der Waals surface area contributed by atoms with Gasteiger partial charge in [-0.2, -0.15) is 0 Å². The summed E-state index contributed by atoms with van der Waals surface area (Å²) in [5.74, 6) is 0.478. The molecule has 1 N–H and O–H groups in total. The molecule has 0 aliphatic carbocycles. The number of nitrogens with one attached hydrogen (secondary N) is 1. The lowest BCUT2D eigenvalue weighted by Gasteiger charge is -2.08. The van der Waals surface area contributed by atoms with Crippen LogP contribution in [0.5, 0.6) is 5.75 Å². The minimum absolute atomic E-state index is 0.139. The van der Waals surface area contributed by atoms with Crippen LogP contribution in [0.15, 0.2) is 29.6 Å². The van der Waals surface area contributed by atoms with Crippen molar-refractivity contribution in [3.8, 4) is 5.75 Å². The van der Waals surface area contributed by atoms with Crippen LogP contribution in [0.3, 0.4) is 0 Å². The van der Waals surface area contributed by atoms with E-state index in [2.05, 4.69) is 27.9 Å². The van der Waals surface area contributed by atoms with Crippen LogP contribution in [-0.4, -0.2) is 12.5 Å². The lowest BCUT2D eigenvalue weighted by molar-refractivity contribution is 0.102. The Morgan fingerprint density at radius 2 is 2.26 bits per heavy atom. The average molecular weight is 408 g/mol. The highest BCUT2D eigenvalue weighted by atomic mass is 127. The molecule has 0 saturated heterocycles. The predicted octanol–water partition coefficient (Wildman–Crippen LogP) is 4.66. The molecule has 3 nitrogen and oxygen atoms in total. The van der Waals surface area contributed by atoms with Crippen LogP contribution < -0.4 is 10.1 Å². The lowest BCUT2D eigenvalue weighted by Crippen LogP contribution is -2.10. The van der Waals surface area contributed by atoms with E-state index in [4.69, 9.17) is 16.3 Å². The number of rotatable bonds is 4. The number of benzene rings is 1. The normalized spacial score (nSPS) is 10.3. The van der Waals surface area contributed by atoms with Crippen LogP contribution in [0.4, 0.5) is 5.69 Å². The van der Waals surface area contributed by atoms with Crippen molar-refractivity contribution >= 4 is 57.1 Å². The molecule has 100 valence electrons. The van der Waals surface area contributed by atoms with E-state index in [-0.39, 0.29) is 5.91 Å². The van der Waals surface area contributed by atoms with Crippen LogP contribution in [0.25, 0.3) is 0 Å². The Bertz CT molecular complexity index is 600. The van der Waals surface area contributed by atoms with Gasteiger partial charge >= 0.3 is 0 Å². The van der Waals surface area contributed by atoms with Crippen molar-refractivity contribution in [1.29, 1.82) is 0 Å². The second kappa shape index (κ2) is 6.58. The number of amides is 1. The Kier molecular flexibility index (Phi) is 5.06. The molecule has 0 bridgehead atoms. The fourth-order valence-electron chi connectivity index (χ4n) is 1.48. The average Bonchev–Trinajstić information content (AvgIpc) is 2.80. The summed E-state index contributed by atoms with van der Waals surface area (Å²) in [7, 11) is 0. The van der Waals surface area contributed by atoms with Gasteiger partial charge in [0.15, 0.2) is 0 Å². The largest absolute Gasteiger partial charge is 0.492 e. The number of ether oxygens (including phenoxy) is 1. The van der Waals surface area contributed by atoms with Crippen molar-refractivity contribution in [2.45, 2.75) is 6.92 Å². The van der Waals surface area contributed by atoms with Gasteiger partial charge in [-0.25, -0.2) is 0 Å². The minimum atomic E-state index is -0.139. The van der Waals surface area contributed by atoms with Crippen molar-refractivity contribution < 1.29 is 9.53 Å². The van der Waals surface area contributed by atoms with Gasteiger partial charge in [0, 0.05) is 11.1 Å². The molecule has 0 aliphatic rings. The SMILES string of the molecule is CCOc1ccc(NC(=O)c2csc(I)c2)cc1Cl. The van der Waals surface area contributed by atoms with E-state index in [1.165, 1.54) is 11.3 Å². The van der Waals surface area contributed by atoms with E-state index in [1.807, 2.05) is 18.4 Å². The summed E-state index contributed by atoms with van der Waals surface area (Å²) in [6.07, 6.45) is 0. The minimum Gasteiger partial charge on any atom is -0.492 e. The number of anilines is 1. The van der Waals surface area contributed by atoms with Crippen molar-refractivity contribution in [3.63, 3.8) is 0 Å². The Labute approximate surface area is 134 Å². The summed E-state index contributed by atoms with van der Waals surface area (Å²) in [5, 5.41) is 5.12. The highest BCUT2D eigenvalue weighted by Gasteiger charge is 2.09. The second-order valence-corrected chi connectivity index (χ2v) is 6.88. The van der Waals surface area contributed by atoms with Crippen molar-refractivity contribution in [2.75, 3.05) is 11.9 Å². The van der Waals surface area contributed by atoms with E-state index >= 15 is 0 Å². The van der Waals surface area contributed by atoms with Gasteiger partial charge < -0.3 is 10.1 Å². The number of carbonyl (C=O) groups excluding carboxylic acids is 1. The van der Waals surface area contributed by atoms with E-state index in [9.17, 15) is 4.79 Å². The Morgan fingerprint density at radius 1 is 1.47 bits per heavy atom. The molecule has 1 aromatic heterocycles. The Hall–Kier alpha value is -0.790. The molecule has 1 aromatic carbocycles. The van der Waals surface area contributed by atoms with Crippen LogP contribution in [0, 0.1) is 2.88 Å². The highest BCUT2D eigenvalue weighted by Crippen LogP contribution is 2.28. The number of hydrogen-bond donors (Lipinski definition) is 1. The topological polar surface area (TPSA) is 38.3 Å². The van der Waals surface area contributed by atoms with E-state index in [0.717, 1.165) is 2.88 Å². The van der Waals surface area contributed by atoms with Crippen LogP contribution in [0.1, 0.15) is 17.3 Å². The van der Waals surface area contributed by atoms with Gasteiger partial charge in [-0.05, 0) is 53.8 Å². The van der Waals surface area contributed by atoms with E-state index in [1.54, 1.807) is 18.2 Å². The lowest BCUT2D eigenvalue weighted by atomic mass is 10.2. The fraction of sp³-hybridized carbons (Fsp3) is 0.154. The molecule has 6 heteroatoms. The molecule has 0 fully saturated rings. The first-order valence-corrected chi connectivity index (χ1v) is 7.91. The molecule has 0 radical (unpaired) electrons. The zero-order chi connectivity index (χ0) is 13.8. The smallest absolute Gasteiger partial charge is 0.256 e. The van der Waals surface area contributed by atoms with E-state index < -0.39 is 0 Å². The highest BCUT2D eigenvalue weighted by molar-refractivity contribution is 14.1. The molecule has 2 aromatic rings. The summed E-state index contributed by atoms with van der Waals surface area (Å²) >= 11 is 9.79. The Balaban J connectivity index is 2.11. The maximum absolute atomic E-state index is 12.0. The first-order valence-electron chi connectivity index (χ1n) is 5.58. The van der Waals surface area contributed by atoms with Crippen LogP contribution >= 0.6 is 45.5 Å². The molecule has 1 heterocycles. The third kappa shape index (κ3) is 3.84. The first kappa shape index (κ1) is 14.6. The van der Waals surface area contributed by atoms with Gasteiger partial charge in [0.05, 0.1) is 20.1 Å². The van der Waals surface area contributed by atoms with Crippen LogP contribution in [0.2, 0.25) is 5.02 Å². The zero-order valence-corrected chi connectivity index (χ0v) is 13.8. The van der Waals surface area contributed by atoms with Gasteiger partial charge in [-0.15, -0.1) is 11.3 Å². The summed E-state index contributed by atoms with van der Waals surface area (Å²) in [6.45, 7) is 2.45. The molecule has 0 saturated carbocycles. The number of halogens is 2. The van der Waals surface area contributed by atoms with Crippen molar-refractivity contribution in [1.82, 2.24) is 0 Å².